The molecule has 0 unspecified atom stereocenters. The van der Waals surface area contributed by atoms with Crippen LogP contribution in [0.15, 0.2) is 29.2 Å². The number of fused-ring (bicyclic) bond motifs is 1. The Labute approximate surface area is 145 Å². The van der Waals surface area contributed by atoms with E-state index in [0.29, 0.717) is 12.1 Å². The van der Waals surface area contributed by atoms with Crippen molar-refractivity contribution in [2.45, 2.75) is 45.4 Å². The van der Waals surface area contributed by atoms with Gasteiger partial charge in [0.15, 0.2) is 0 Å². The molecule has 0 saturated heterocycles. The van der Waals surface area contributed by atoms with Gasteiger partial charge >= 0.3 is 0 Å². The predicted octanol–water partition coefficient (Wildman–Crippen LogP) is 3.53. The second-order valence-electron chi connectivity index (χ2n) is 6.04. The maximum Gasteiger partial charge on any atom is 0.270 e. The highest BCUT2D eigenvalue weighted by Gasteiger charge is 2.15. The van der Waals surface area contributed by atoms with Gasteiger partial charge in [0, 0.05) is 30.4 Å². The van der Waals surface area contributed by atoms with Crippen LogP contribution in [0.5, 0.6) is 0 Å². The molecule has 7 heteroatoms. The molecule has 2 rings (SSSR count). The van der Waals surface area contributed by atoms with Crippen molar-refractivity contribution in [3.8, 4) is 0 Å². The van der Waals surface area contributed by atoms with Crippen molar-refractivity contribution in [1.82, 2.24) is 10.3 Å². The van der Waals surface area contributed by atoms with Gasteiger partial charge in [-0.2, -0.15) is 0 Å². The minimum atomic E-state index is -0.565. The van der Waals surface area contributed by atoms with Gasteiger partial charge in [-0.05, 0) is 12.5 Å². The van der Waals surface area contributed by atoms with E-state index in [1.807, 2.05) is 0 Å². The van der Waals surface area contributed by atoms with Crippen LogP contribution >= 0.6 is 0 Å². The predicted molar refractivity (Wildman–Crippen MR) is 96.9 cm³/mol. The molecule has 25 heavy (non-hydrogen) atoms. The summed E-state index contributed by atoms with van der Waals surface area (Å²) in [6.07, 6.45) is 8.03. The average molecular weight is 345 g/mol. The number of unbranched alkanes of at least 4 members (excludes halogenated alkanes) is 5. The van der Waals surface area contributed by atoms with E-state index < -0.39 is 16.3 Å². The number of benzene rings is 1. The summed E-state index contributed by atoms with van der Waals surface area (Å²) in [6.45, 7) is 2.67. The van der Waals surface area contributed by atoms with Crippen molar-refractivity contribution >= 4 is 22.5 Å². The molecule has 2 aromatic rings. The number of non-ortho nitro benzene ring substituents is 1. The van der Waals surface area contributed by atoms with Crippen molar-refractivity contribution in [3.05, 3.63) is 50.3 Å². The van der Waals surface area contributed by atoms with Crippen LogP contribution < -0.4 is 10.7 Å². The highest BCUT2D eigenvalue weighted by Crippen LogP contribution is 2.17. The lowest BCUT2D eigenvalue weighted by Crippen LogP contribution is -2.29. The zero-order valence-electron chi connectivity index (χ0n) is 14.3. The molecule has 1 aromatic heterocycles. The molecule has 7 nitrogen and oxygen atoms in total. The van der Waals surface area contributed by atoms with E-state index in [1.165, 1.54) is 43.7 Å². The molecule has 0 atom stereocenters. The fourth-order valence-electron chi connectivity index (χ4n) is 2.69. The SMILES string of the molecule is CCCCCCCCNC(=O)c1c[nH]c2ccc([N+](=O)[O-])cc2c1=O. The van der Waals surface area contributed by atoms with E-state index in [2.05, 4.69) is 17.2 Å². The highest BCUT2D eigenvalue weighted by molar-refractivity contribution is 5.97. The van der Waals surface area contributed by atoms with E-state index in [0.717, 1.165) is 19.3 Å². The second-order valence-corrected chi connectivity index (χ2v) is 6.04. The summed E-state index contributed by atoms with van der Waals surface area (Å²) in [5, 5.41) is 13.7. The van der Waals surface area contributed by atoms with Gasteiger partial charge in [-0.1, -0.05) is 39.0 Å². The molecule has 0 spiro atoms. The molecular formula is C18H23N3O4. The number of aromatic nitrogens is 1. The smallest absolute Gasteiger partial charge is 0.270 e. The van der Waals surface area contributed by atoms with Crippen LogP contribution in [-0.4, -0.2) is 22.4 Å². The van der Waals surface area contributed by atoms with Crippen LogP contribution in [0.1, 0.15) is 55.8 Å². The first-order valence-corrected chi connectivity index (χ1v) is 8.62. The van der Waals surface area contributed by atoms with Crippen molar-refractivity contribution < 1.29 is 9.72 Å². The Bertz CT molecular complexity index is 814. The molecule has 0 saturated carbocycles. The number of aromatic amines is 1. The fraction of sp³-hybridized carbons (Fsp3) is 0.444. The average Bonchev–Trinajstić information content (AvgIpc) is 2.60. The summed E-state index contributed by atoms with van der Waals surface area (Å²) >= 11 is 0. The van der Waals surface area contributed by atoms with E-state index >= 15 is 0 Å². The number of nitrogens with zero attached hydrogens (tertiary/aromatic N) is 1. The first-order valence-electron chi connectivity index (χ1n) is 8.62. The second kappa shape index (κ2) is 8.96. The Balaban J connectivity index is 2.02. The minimum Gasteiger partial charge on any atom is -0.360 e. The summed E-state index contributed by atoms with van der Waals surface area (Å²) in [7, 11) is 0. The highest BCUT2D eigenvalue weighted by atomic mass is 16.6. The van der Waals surface area contributed by atoms with Crippen LogP contribution in [-0.2, 0) is 0 Å². The summed E-state index contributed by atoms with van der Waals surface area (Å²) in [6, 6.07) is 3.97. The molecule has 1 aromatic carbocycles. The monoisotopic (exact) mass is 345 g/mol. The van der Waals surface area contributed by atoms with E-state index in [1.54, 1.807) is 0 Å². The summed E-state index contributed by atoms with van der Waals surface area (Å²) in [5.74, 6) is -0.455. The number of nitro benzene ring substituents is 1. The molecule has 1 amide bonds. The van der Waals surface area contributed by atoms with Gasteiger partial charge in [0.05, 0.1) is 10.3 Å². The Morgan fingerprint density at radius 2 is 1.92 bits per heavy atom. The molecule has 0 aliphatic rings. The molecule has 0 aliphatic heterocycles. The molecule has 0 bridgehead atoms. The molecule has 0 fully saturated rings. The van der Waals surface area contributed by atoms with Crippen LogP contribution in [0, 0.1) is 10.1 Å². The number of hydrogen-bond acceptors (Lipinski definition) is 4. The number of H-pyrrole nitrogens is 1. The van der Waals surface area contributed by atoms with Gasteiger partial charge < -0.3 is 10.3 Å². The van der Waals surface area contributed by atoms with Crippen molar-refractivity contribution in [2.75, 3.05) is 6.54 Å². The molecule has 2 N–H and O–H groups in total. The topological polar surface area (TPSA) is 105 Å². The Morgan fingerprint density at radius 3 is 2.64 bits per heavy atom. The van der Waals surface area contributed by atoms with Crippen molar-refractivity contribution in [3.63, 3.8) is 0 Å². The molecule has 1 heterocycles. The molecule has 0 radical (unpaired) electrons. The summed E-state index contributed by atoms with van der Waals surface area (Å²) < 4.78 is 0. The first kappa shape index (κ1) is 18.6. The lowest BCUT2D eigenvalue weighted by atomic mass is 10.1. The van der Waals surface area contributed by atoms with Gasteiger partial charge in [-0.15, -0.1) is 0 Å². The first-order chi connectivity index (χ1) is 12.0. The normalized spacial score (nSPS) is 10.8. The van der Waals surface area contributed by atoms with Gasteiger partial charge in [0.1, 0.15) is 5.56 Å². The quantitative estimate of drug-likeness (QED) is 0.412. The minimum absolute atomic E-state index is 0.0287. The number of nitrogens with one attached hydrogen (secondary N) is 2. The lowest BCUT2D eigenvalue weighted by molar-refractivity contribution is -0.384. The standard InChI is InChI=1S/C18H23N3O4/c1-2-3-4-5-6-7-10-19-18(23)15-12-20-16-9-8-13(21(24)25)11-14(16)17(15)22/h8-9,11-12H,2-7,10H2,1H3,(H,19,23)(H,20,22). The molecule has 134 valence electrons. The summed E-state index contributed by atoms with van der Waals surface area (Å²) in [4.78, 5) is 37.8. The number of nitro groups is 1. The van der Waals surface area contributed by atoms with E-state index in [-0.39, 0.29) is 16.6 Å². The van der Waals surface area contributed by atoms with Crippen LogP contribution in [0.2, 0.25) is 0 Å². The Morgan fingerprint density at radius 1 is 1.20 bits per heavy atom. The van der Waals surface area contributed by atoms with Crippen molar-refractivity contribution in [2.24, 2.45) is 0 Å². The number of carbonyl (C=O) groups is 1. The third-order valence-corrected chi connectivity index (χ3v) is 4.14. The number of rotatable bonds is 9. The molecular weight excluding hydrogens is 322 g/mol. The summed E-state index contributed by atoms with van der Waals surface area (Å²) in [5.41, 5.74) is -0.248. The fourth-order valence-corrected chi connectivity index (χ4v) is 2.69. The van der Waals surface area contributed by atoms with Crippen LogP contribution in [0.4, 0.5) is 5.69 Å². The lowest BCUT2D eigenvalue weighted by Gasteiger charge is -2.06. The third-order valence-electron chi connectivity index (χ3n) is 4.14. The van der Waals surface area contributed by atoms with Gasteiger partial charge in [-0.3, -0.25) is 19.7 Å². The van der Waals surface area contributed by atoms with Crippen molar-refractivity contribution in [1.29, 1.82) is 0 Å². The Kier molecular flexibility index (Phi) is 6.68. The Hall–Kier alpha value is -2.70. The van der Waals surface area contributed by atoms with Crippen LogP contribution in [0.3, 0.4) is 0 Å². The van der Waals surface area contributed by atoms with Crippen LogP contribution in [0.25, 0.3) is 10.9 Å². The third kappa shape index (κ3) is 4.89. The number of amides is 1. The number of hydrogen-bond donors (Lipinski definition) is 2. The zero-order chi connectivity index (χ0) is 18.2. The van der Waals surface area contributed by atoms with E-state index in [9.17, 15) is 19.7 Å². The zero-order valence-corrected chi connectivity index (χ0v) is 14.3. The number of carbonyl (C=O) groups excluding carboxylic acids is 1. The van der Waals surface area contributed by atoms with Gasteiger partial charge in [0.25, 0.3) is 11.6 Å². The van der Waals surface area contributed by atoms with E-state index in [4.69, 9.17) is 0 Å². The maximum atomic E-state index is 12.4. The largest absolute Gasteiger partial charge is 0.360 e. The van der Waals surface area contributed by atoms with Gasteiger partial charge in [-0.25, -0.2) is 0 Å². The number of pyridine rings is 1. The van der Waals surface area contributed by atoms with Gasteiger partial charge in [0.2, 0.25) is 5.43 Å². The molecule has 0 aliphatic carbocycles. The maximum absolute atomic E-state index is 12.4.